The molecule has 0 saturated carbocycles. The molecule has 1 unspecified atom stereocenters. The van der Waals surface area contributed by atoms with Gasteiger partial charge in [-0.2, -0.15) is 0 Å². The van der Waals surface area contributed by atoms with E-state index in [1.807, 2.05) is 7.05 Å². The van der Waals surface area contributed by atoms with Gasteiger partial charge in [0.1, 0.15) is 5.75 Å². The number of likely N-dealkylation sites (tertiary alicyclic amines) is 1. The lowest BCUT2D eigenvalue weighted by molar-refractivity contribution is 0.128. The zero-order chi connectivity index (χ0) is 15.2. The van der Waals surface area contributed by atoms with Gasteiger partial charge in [-0.05, 0) is 58.2 Å². The second-order valence-electron chi connectivity index (χ2n) is 6.15. The molecule has 4 heteroatoms. The molecule has 1 atom stereocenters. The third-order valence-corrected chi connectivity index (χ3v) is 4.37. The molecule has 21 heavy (non-hydrogen) atoms. The molecular weight excluding hydrogens is 262 g/mol. The number of benzene rings is 1. The van der Waals surface area contributed by atoms with Gasteiger partial charge in [0, 0.05) is 31.2 Å². The average molecular weight is 291 g/mol. The Hall–Kier alpha value is -1.10. The summed E-state index contributed by atoms with van der Waals surface area (Å²) in [5.41, 5.74) is 2.59. The van der Waals surface area contributed by atoms with Gasteiger partial charge < -0.3 is 15.0 Å². The molecule has 1 aliphatic rings. The molecule has 1 aliphatic heterocycles. The number of likely N-dealkylation sites (N-methyl/N-ethyl adjacent to an activating group) is 2. The van der Waals surface area contributed by atoms with Crippen molar-refractivity contribution >= 4 is 0 Å². The topological polar surface area (TPSA) is 27.7 Å². The summed E-state index contributed by atoms with van der Waals surface area (Å²) in [5, 5.41) is 3.21. The lowest BCUT2D eigenvalue weighted by Crippen LogP contribution is -2.44. The molecule has 118 valence electrons. The van der Waals surface area contributed by atoms with Crippen LogP contribution in [0.1, 0.15) is 24.0 Å². The first kappa shape index (κ1) is 16.3. The fraction of sp³-hybridized carbons (Fsp3) is 0.647. The number of nitrogens with one attached hydrogen (secondary N) is 1. The first-order valence-electron chi connectivity index (χ1n) is 7.83. The minimum atomic E-state index is 0.640. The summed E-state index contributed by atoms with van der Waals surface area (Å²) in [7, 11) is 8.18. The first-order chi connectivity index (χ1) is 10.1. The fourth-order valence-corrected chi connectivity index (χ4v) is 3.17. The third kappa shape index (κ3) is 4.43. The number of ether oxygens (including phenoxy) is 1. The van der Waals surface area contributed by atoms with E-state index in [2.05, 4.69) is 47.4 Å². The predicted molar refractivity (Wildman–Crippen MR) is 87.7 cm³/mol. The van der Waals surface area contributed by atoms with E-state index in [0.29, 0.717) is 6.04 Å². The van der Waals surface area contributed by atoms with E-state index in [1.165, 1.54) is 30.5 Å². The maximum Gasteiger partial charge on any atom is 0.123 e. The lowest BCUT2D eigenvalue weighted by atomic mass is 10.0. The fourth-order valence-electron chi connectivity index (χ4n) is 3.17. The molecule has 1 fully saturated rings. The second kappa shape index (κ2) is 7.78. The minimum Gasteiger partial charge on any atom is -0.496 e. The normalized spacial score (nSPS) is 20.0. The standard InChI is InChI=1S/C17H29N3O/c1-18-11-14-7-8-17(21-4)15(10-14)12-20(3)16-6-5-9-19(2)13-16/h7-8,10,16,18H,5-6,9,11-13H2,1-4H3. The maximum atomic E-state index is 5.53. The molecule has 1 N–H and O–H groups in total. The van der Waals surface area contributed by atoms with Gasteiger partial charge in [-0.3, -0.25) is 4.90 Å². The largest absolute Gasteiger partial charge is 0.496 e. The summed E-state index contributed by atoms with van der Waals surface area (Å²) < 4.78 is 5.53. The second-order valence-corrected chi connectivity index (χ2v) is 6.15. The number of nitrogens with zero attached hydrogens (tertiary/aromatic N) is 2. The highest BCUT2D eigenvalue weighted by Crippen LogP contribution is 2.23. The van der Waals surface area contributed by atoms with Gasteiger partial charge in [0.25, 0.3) is 0 Å². The van der Waals surface area contributed by atoms with Crippen LogP contribution in [0.4, 0.5) is 0 Å². The Morgan fingerprint density at radius 2 is 2.24 bits per heavy atom. The Bertz CT molecular complexity index is 450. The van der Waals surface area contributed by atoms with Crippen LogP contribution in [0.3, 0.4) is 0 Å². The van der Waals surface area contributed by atoms with Gasteiger partial charge in [-0.25, -0.2) is 0 Å². The molecule has 0 aromatic heterocycles. The molecule has 1 aromatic rings. The summed E-state index contributed by atoms with van der Waals surface area (Å²) in [6.45, 7) is 4.23. The van der Waals surface area contributed by atoms with Crippen LogP contribution < -0.4 is 10.1 Å². The number of piperidine rings is 1. The Kier molecular flexibility index (Phi) is 6.03. The highest BCUT2D eigenvalue weighted by atomic mass is 16.5. The van der Waals surface area contributed by atoms with Gasteiger partial charge in [0.15, 0.2) is 0 Å². The Morgan fingerprint density at radius 1 is 1.43 bits per heavy atom. The van der Waals surface area contributed by atoms with Gasteiger partial charge >= 0.3 is 0 Å². The van der Waals surface area contributed by atoms with Crippen LogP contribution in [0.2, 0.25) is 0 Å². The third-order valence-electron chi connectivity index (χ3n) is 4.37. The van der Waals surface area contributed by atoms with Crippen molar-refractivity contribution in [3.63, 3.8) is 0 Å². The Morgan fingerprint density at radius 3 is 2.90 bits per heavy atom. The van der Waals surface area contributed by atoms with Crippen LogP contribution in [-0.2, 0) is 13.1 Å². The van der Waals surface area contributed by atoms with Gasteiger partial charge in [0.05, 0.1) is 7.11 Å². The molecular formula is C17H29N3O. The first-order valence-corrected chi connectivity index (χ1v) is 7.83. The zero-order valence-corrected chi connectivity index (χ0v) is 13.9. The van der Waals surface area contributed by atoms with E-state index in [9.17, 15) is 0 Å². The van der Waals surface area contributed by atoms with E-state index in [-0.39, 0.29) is 0 Å². The number of hydrogen-bond acceptors (Lipinski definition) is 4. The van der Waals surface area contributed by atoms with Crippen molar-refractivity contribution in [1.29, 1.82) is 0 Å². The van der Waals surface area contributed by atoms with E-state index >= 15 is 0 Å². The van der Waals surface area contributed by atoms with Crippen LogP contribution in [0.5, 0.6) is 5.75 Å². The smallest absolute Gasteiger partial charge is 0.123 e. The van der Waals surface area contributed by atoms with Crippen molar-refractivity contribution in [2.75, 3.05) is 41.3 Å². The van der Waals surface area contributed by atoms with Crippen molar-refractivity contribution in [2.24, 2.45) is 0 Å². The summed E-state index contributed by atoms with van der Waals surface area (Å²) in [4.78, 5) is 4.90. The zero-order valence-electron chi connectivity index (χ0n) is 13.9. The van der Waals surface area contributed by atoms with Crippen molar-refractivity contribution in [2.45, 2.75) is 32.0 Å². The highest BCUT2D eigenvalue weighted by Gasteiger charge is 2.21. The van der Waals surface area contributed by atoms with E-state index in [0.717, 1.165) is 25.4 Å². The molecule has 0 bridgehead atoms. The molecule has 0 amide bonds. The van der Waals surface area contributed by atoms with Crippen LogP contribution in [0.15, 0.2) is 18.2 Å². The van der Waals surface area contributed by atoms with Gasteiger partial charge in [-0.1, -0.05) is 6.07 Å². The van der Waals surface area contributed by atoms with E-state index < -0.39 is 0 Å². The molecule has 2 rings (SSSR count). The molecule has 1 heterocycles. The van der Waals surface area contributed by atoms with Gasteiger partial charge in [-0.15, -0.1) is 0 Å². The van der Waals surface area contributed by atoms with Crippen molar-refractivity contribution in [1.82, 2.24) is 15.1 Å². The molecule has 0 spiro atoms. The van der Waals surface area contributed by atoms with Crippen LogP contribution in [0, 0.1) is 0 Å². The molecule has 1 saturated heterocycles. The predicted octanol–water partition coefficient (Wildman–Crippen LogP) is 1.94. The van der Waals surface area contributed by atoms with E-state index in [1.54, 1.807) is 7.11 Å². The molecule has 1 aromatic carbocycles. The van der Waals surface area contributed by atoms with Crippen molar-refractivity contribution in [3.05, 3.63) is 29.3 Å². The minimum absolute atomic E-state index is 0.640. The number of hydrogen-bond donors (Lipinski definition) is 1. The van der Waals surface area contributed by atoms with Gasteiger partial charge in [0.2, 0.25) is 0 Å². The van der Waals surface area contributed by atoms with Crippen LogP contribution >= 0.6 is 0 Å². The SMILES string of the molecule is CNCc1ccc(OC)c(CN(C)C2CCCN(C)C2)c1. The Balaban J connectivity index is 2.07. The van der Waals surface area contributed by atoms with Crippen LogP contribution in [-0.4, -0.2) is 57.2 Å². The monoisotopic (exact) mass is 291 g/mol. The summed E-state index contributed by atoms with van der Waals surface area (Å²) in [6, 6.07) is 7.12. The highest BCUT2D eigenvalue weighted by molar-refractivity contribution is 5.37. The maximum absolute atomic E-state index is 5.53. The number of rotatable bonds is 6. The summed E-state index contributed by atoms with van der Waals surface area (Å²) in [6.07, 6.45) is 2.59. The summed E-state index contributed by atoms with van der Waals surface area (Å²) in [5.74, 6) is 0.992. The average Bonchev–Trinajstić information content (AvgIpc) is 2.48. The summed E-state index contributed by atoms with van der Waals surface area (Å²) >= 11 is 0. The van der Waals surface area contributed by atoms with Crippen LogP contribution in [0.25, 0.3) is 0 Å². The Labute approximate surface area is 129 Å². The molecule has 4 nitrogen and oxygen atoms in total. The molecule has 0 radical (unpaired) electrons. The lowest BCUT2D eigenvalue weighted by Gasteiger charge is -2.36. The van der Waals surface area contributed by atoms with E-state index in [4.69, 9.17) is 4.74 Å². The molecule has 0 aliphatic carbocycles. The quantitative estimate of drug-likeness (QED) is 0.867. The van der Waals surface area contributed by atoms with Crippen molar-refractivity contribution in [3.8, 4) is 5.75 Å². The number of methoxy groups -OCH3 is 1. The van der Waals surface area contributed by atoms with Crippen molar-refractivity contribution < 1.29 is 4.74 Å².